The zero-order valence-electron chi connectivity index (χ0n) is 14.5. The average molecular weight is 342 g/mol. The molecule has 1 aliphatic heterocycles. The summed E-state index contributed by atoms with van der Waals surface area (Å²) in [4.78, 5) is 15.3. The largest absolute Gasteiger partial charge is 0.338 e. The standard InChI is InChI=1S/C18H31NOS2/c1-12(2)19(13(3)4)17(20)14-10-15-6-5-7-16(11-14)18(15)21-8-9-22-18/h12-16H,5-11H2,1-4H3. The topological polar surface area (TPSA) is 20.3 Å². The minimum atomic E-state index is 0.285. The third-order valence-corrected chi connectivity index (χ3v) is 9.85. The van der Waals surface area contributed by atoms with Gasteiger partial charge in [0.15, 0.2) is 0 Å². The molecule has 3 aliphatic rings. The van der Waals surface area contributed by atoms with Gasteiger partial charge in [0.1, 0.15) is 0 Å². The molecule has 22 heavy (non-hydrogen) atoms. The molecule has 1 saturated heterocycles. The fraction of sp³-hybridized carbons (Fsp3) is 0.944. The zero-order valence-corrected chi connectivity index (χ0v) is 16.1. The molecule has 2 atom stereocenters. The number of amides is 1. The molecule has 1 spiro atoms. The highest BCUT2D eigenvalue weighted by Gasteiger charge is 2.55. The Kier molecular flexibility index (Phi) is 5.09. The Labute approximate surface area is 144 Å². The minimum absolute atomic E-state index is 0.285. The van der Waals surface area contributed by atoms with Crippen LogP contribution in [0.1, 0.15) is 59.8 Å². The van der Waals surface area contributed by atoms with E-state index in [1.54, 1.807) is 0 Å². The first kappa shape index (κ1) is 17.0. The number of carbonyl (C=O) groups is 1. The minimum Gasteiger partial charge on any atom is -0.338 e. The molecule has 0 aromatic carbocycles. The molecule has 0 N–H and O–H groups in total. The molecule has 3 fully saturated rings. The maximum atomic E-state index is 13.1. The molecule has 2 nitrogen and oxygen atoms in total. The van der Waals surface area contributed by atoms with E-state index in [2.05, 4.69) is 56.1 Å². The molecule has 1 amide bonds. The van der Waals surface area contributed by atoms with Gasteiger partial charge in [-0.3, -0.25) is 4.79 Å². The third-order valence-electron chi connectivity index (χ3n) is 5.84. The maximum Gasteiger partial charge on any atom is 0.226 e. The molecule has 4 heteroatoms. The molecule has 2 saturated carbocycles. The van der Waals surface area contributed by atoms with Crippen molar-refractivity contribution in [1.82, 2.24) is 4.90 Å². The molecule has 3 rings (SSSR count). The summed E-state index contributed by atoms with van der Waals surface area (Å²) in [6.07, 6.45) is 6.38. The van der Waals surface area contributed by atoms with Crippen molar-refractivity contribution >= 4 is 29.4 Å². The van der Waals surface area contributed by atoms with E-state index in [9.17, 15) is 4.79 Å². The van der Waals surface area contributed by atoms with E-state index in [4.69, 9.17) is 0 Å². The molecule has 2 unspecified atom stereocenters. The lowest BCUT2D eigenvalue weighted by molar-refractivity contribution is -0.142. The van der Waals surface area contributed by atoms with Gasteiger partial charge in [-0.25, -0.2) is 0 Å². The lowest BCUT2D eigenvalue weighted by atomic mass is 9.66. The Balaban J connectivity index is 1.77. The summed E-state index contributed by atoms with van der Waals surface area (Å²) in [6.45, 7) is 8.63. The second-order valence-corrected chi connectivity index (χ2v) is 10.8. The maximum absolute atomic E-state index is 13.1. The Morgan fingerprint density at radius 1 is 1.00 bits per heavy atom. The molecule has 2 bridgehead atoms. The van der Waals surface area contributed by atoms with Crippen molar-refractivity contribution in [2.45, 2.75) is 76.0 Å². The second-order valence-electron chi connectivity index (χ2n) is 7.84. The highest BCUT2D eigenvalue weighted by molar-refractivity contribution is 8.21. The van der Waals surface area contributed by atoms with Gasteiger partial charge in [0, 0.05) is 29.5 Å². The molecular weight excluding hydrogens is 310 g/mol. The van der Waals surface area contributed by atoms with E-state index in [0.717, 1.165) is 24.7 Å². The predicted molar refractivity (Wildman–Crippen MR) is 98.3 cm³/mol. The molecular formula is C18H31NOS2. The molecule has 0 radical (unpaired) electrons. The molecule has 0 aromatic heterocycles. The first-order valence-corrected chi connectivity index (χ1v) is 11.0. The SMILES string of the molecule is CC(C)N(C(=O)C1CC2CCCC(C1)C21SCCS1)C(C)C. The van der Waals surface area contributed by atoms with Gasteiger partial charge in [-0.2, -0.15) is 0 Å². The van der Waals surface area contributed by atoms with E-state index >= 15 is 0 Å². The molecule has 0 aromatic rings. The Morgan fingerprint density at radius 2 is 1.50 bits per heavy atom. The van der Waals surface area contributed by atoms with Crippen LogP contribution in [-0.2, 0) is 4.79 Å². The normalized spacial score (nSPS) is 33.6. The van der Waals surface area contributed by atoms with E-state index in [-0.39, 0.29) is 5.92 Å². The van der Waals surface area contributed by atoms with Crippen LogP contribution in [0, 0.1) is 17.8 Å². The van der Waals surface area contributed by atoms with Gasteiger partial charge in [0.05, 0.1) is 4.08 Å². The van der Waals surface area contributed by atoms with Crippen LogP contribution in [0.4, 0.5) is 0 Å². The average Bonchev–Trinajstić information content (AvgIpc) is 2.87. The smallest absolute Gasteiger partial charge is 0.226 e. The first-order chi connectivity index (χ1) is 10.5. The van der Waals surface area contributed by atoms with Crippen molar-refractivity contribution in [2.24, 2.45) is 17.8 Å². The van der Waals surface area contributed by atoms with E-state index < -0.39 is 0 Å². The van der Waals surface area contributed by atoms with Gasteiger partial charge >= 0.3 is 0 Å². The lowest BCUT2D eigenvalue weighted by Gasteiger charge is -2.52. The number of hydrogen-bond donors (Lipinski definition) is 0. The van der Waals surface area contributed by atoms with Crippen molar-refractivity contribution in [2.75, 3.05) is 11.5 Å². The van der Waals surface area contributed by atoms with Crippen LogP contribution in [0.5, 0.6) is 0 Å². The number of carbonyl (C=O) groups excluding carboxylic acids is 1. The van der Waals surface area contributed by atoms with E-state index in [0.29, 0.717) is 22.1 Å². The van der Waals surface area contributed by atoms with Gasteiger partial charge in [0.25, 0.3) is 0 Å². The van der Waals surface area contributed by atoms with Crippen LogP contribution >= 0.6 is 23.5 Å². The van der Waals surface area contributed by atoms with Crippen LogP contribution < -0.4 is 0 Å². The highest BCUT2D eigenvalue weighted by Crippen LogP contribution is 2.64. The van der Waals surface area contributed by atoms with Crippen molar-refractivity contribution in [3.05, 3.63) is 0 Å². The van der Waals surface area contributed by atoms with Crippen LogP contribution in [0.2, 0.25) is 0 Å². The summed E-state index contributed by atoms with van der Waals surface area (Å²) >= 11 is 4.46. The Bertz CT molecular complexity index is 393. The fourth-order valence-corrected chi connectivity index (χ4v) is 9.06. The summed E-state index contributed by atoms with van der Waals surface area (Å²) in [7, 11) is 0. The van der Waals surface area contributed by atoms with Crippen molar-refractivity contribution in [3.8, 4) is 0 Å². The number of rotatable bonds is 3. The molecule has 1 heterocycles. The molecule has 2 aliphatic carbocycles. The van der Waals surface area contributed by atoms with E-state index in [1.165, 1.54) is 30.8 Å². The van der Waals surface area contributed by atoms with E-state index in [1.807, 2.05) is 0 Å². The summed E-state index contributed by atoms with van der Waals surface area (Å²) in [5.74, 6) is 4.90. The molecule has 126 valence electrons. The van der Waals surface area contributed by atoms with Crippen LogP contribution in [0.3, 0.4) is 0 Å². The van der Waals surface area contributed by atoms with Crippen molar-refractivity contribution < 1.29 is 4.79 Å². The van der Waals surface area contributed by atoms with Crippen molar-refractivity contribution in [1.29, 1.82) is 0 Å². The predicted octanol–water partition coefficient (Wildman–Crippen LogP) is 4.63. The number of hydrogen-bond acceptors (Lipinski definition) is 3. The monoisotopic (exact) mass is 341 g/mol. The van der Waals surface area contributed by atoms with Gasteiger partial charge in [0.2, 0.25) is 5.91 Å². The quantitative estimate of drug-likeness (QED) is 0.746. The Morgan fingerprint density at radius 3 is 1.95 bits per heavy atom. The third kappa shape index (κ3) is 2.83. The van der Waals surface area contributed by atoms with Crippen LogP contribution in [0.15, 0.2) is 0 Å². The summed E-state index contributed by atoms with van der Waals surface area (Å²) in [5, 5.41) is 0. The van der Waals surface area contributed by atoms with Gasteiger partial charge < -0.3 is 4.90 Å². The zero-order chi connectivity index (χ0) is 15.9. The van der Waals surface area contributed by atoms with Gasteiger partial charge in [-0.05, 0) is 65.2 Å². The summed E-state index contributed by atoms with van der Waals surface area (Å²) in [6, 6.07) is 0.636. The number of nitrogens with zero attached hydrogens (tertiary/aromatic N) is 1. The van der Waals surface area contributed by atoms with Gasteiger partial charge in [-0.1, -0.05) is 6.42 Å². The summed E-state index contributed by atoms with van der Waals surface area (Å²) in [5.41, 5.74) is 0. The highest BCUT2D eigenvalue weighted by atomic mass is 32.2. The fourth-order valence-electron chi connectivity index (χ4n) is 5.13. The van der Waals surface area contributed by atoms with Crippen LogP contribution in [-0.4, -0.2) is 38.5 Å². The van der Waals surface area contributed by atoms with Gasteiger partial charge in [-0.15, -0.1) is 23.5 Å². The Hall–Kier alpha value is 0.170. The number of thioether (sulfide) groups is 2. The lowest BCUT2D eigenvalue weighted by Crippen LogP contribution is -2.52. The summed E-state index contributed by atoms with van der Waals surface area (Å²) < 4.78 is 0.482. The van der Waals surface area contributed by atoms with Crippen molar-refractivity contribution in [3.63, 3.8) is 0 Å². The van der Waals surface area contributed by atoms with Crippen LogP contribution in [0.25, 0.3) is 0 Å². The first-order valence-electron chi connectivity index (χ1n) is 9.05. The second kappa shape index (κ2) is 6.58.